The van der Waals surface area contributed by atoms with Crippen molar-refractivity contribution < 1.29 is 0 Å². The van der Waals surface area contributed by atoms with E-state index in [9.17, 15) is 0 Å². The predicted molar refractivity (Wildman–Crippen MR) is 53.9 cm³/mol. The lowest BCUT2D eigenvalue weighted by molar-refractivity contribution is 0.655. The second kappa shape index (κ2) is 2.79. The molecule has 0 aromatic carbocycles. The lowest BCUT2D eigenvalue weighted by atomic mass is 10.1. The van der Waals surface area contributed by atoms with Crippen molar-refractivity contribution in [1.29, 1.82) is 0 Å². The Hall–Kier alpha value is -0.930. The zero-order valence-corrected chi connectivity index (χ0v) is 7.95. The van der Waals surface area contributed by atoms with Crippen LogP contribution in [0.4, 0.5) is 0 Å². The van der Waals surface area contributed by atoms with Crippen LogP contribution < -0.4 is 5.32 Å². The normalized spacial score (nSPS) is 16.0. The summed E-state index contributed by atoms with van der Waals surface area (Å²) in [5.74, 6) is 0. The topological polar surface area (TPSA) is 24.9 Å². The minimum atomic E-state index is 0.972. The van der Waals surface area contributed by atoms with Crippen LogP contribution >= 0.6 is 11.3 Å². The van der Waals surface area contributed by atoms with Crippen molar-refractivity contribution in [3.63, 3.8) is 0 Å². The van der Waals surface area contributed by atoms with Crippen LogP contribution in [0.5, 0.6) is 0 Å². The summed E-state index contributed by atoms with van der Waals surface area (Å²) in [7, 11) is 0. The fraction of sp³-hybridized carbons (Fsp3) is 0.300. The standard InChI is InChI=1S/C10H9N2S/c1-2-9-10(12-4-1)7-6-11-5-3-8(7)13-9/h1,4,11H,3,5-6H2. The zero-order valence-electron chi connectivity index (χ0n) is 7.13. The van der Waals surface area contributed by atoms with Crippen molar-refractivity contribution >= 4 is 21.6 Å². The summed E-state index contributed by atoms with van der Waals surface area (Å²) in [5, 5.41) is 3.37. The van der Waals surface area contributed by atoms with E-state index >= 15 is 0 Å². The Bertz CT molecular complexity index is 447. The Morgan fingerprint density at radius 1 is 1.54 bits per heavy atom. The maximum Gasteiger partial charge on any atom is 0.0863 e. The number of hydrogen-bond acceptors (Lipinski definition) is 3. The van der Waals surface area contributed by atoms with Crippen molar-refractivity contribution in [3.05, 3.63) is 28.8 Å². The van der Waals surface area contributed by atoms with Crippen molar-refractivity contribution in [2.45, 2.75) is 13.0 Å². The molecule has 0 aliphatic carbocycles. The van der Waals surface area contributed by atoms with Gasteiger partial charge in [0.1, 0.15) is 0 Å². The molecule has 2 aromatic heterocycles. The van der Waals surface area contributed by atoms with E-state index in [4.69, 9.17) is 0 Å². The maximum atomic E-state index is 4.39. The van der Waals surface area contributed by atoms with Gasteiger partial charge in [0, 0.05) is 35.8 Å². The predicted octanol–water partition coefficient (Wildman–Crippen LogP) is 1.74. The number of nitrogens with zero attached hydrogens (tertiary/aromatic N) is 1. The molecule has 2 aromatic rings. The highest BCUT2D eigenvalue weighted by Gasteiger charge is 2.15. The summed E-state index contributed by atoms with van der Waals surface area (Å²) in [6.45, 7) is 2.07. The van der Waals surface area contributed by atoms with E-state index in [0.29, 0.717) is 0 Å². The van der Waals surface area contributed by atoms with Crippen LogP contribution in [0.2, 0.25) is 0 Å². The average Bonchev–Trinajstić information content (AvgIpc) is 2.56. The lowest BCUT2D eigenvalue weighted by Gasteiger charge is -2.11. The number of aromatic nitrogens is 1. The van der Waals surface area contributed by atoms with Crippen LogP contribution in [0.15, 0.2) is 12.3 Å². The molecule has 1 radical (unpaired) electrons. The monoisotopic (exact) mass is 189 g/mol. The fourth-order valence-corrected chi connectivity index (χ4v) is 2.90. The molecule has 0 saturated heterocycles. The Morgan fingerprint density at radius 2 is 2.54 bits per heavy atom. The van der Waals surface area contributed by atoms with Crippen molar-refractivity contribution in [3.8, 4) is 0 Å². The molecule has 0 bridgehead atoms. The quantitative estimate of drug-likeness (QED) is 0.683. The summed E-state index contributed by atoms with van der Waals surface area (Å²) < 4.78 is 1.20. The van der Waals surface area contributed by atoms with Crippen LogP contribution in [0.25, 0.3) is 10.2 Å². The van der Waals surface area contributed by atoms with Gasteiger partial charge in [0.2, 0.25) is 0 Å². The average molecular weight is 189 g/mol. The van der Waals surface area contributed by atoms with E-state index in [1.54, 1.807) is 0 Å². The summed E-state index contributed by atoms with van der Waals surface area (Å²) in [5.41, 5.74) is 2.54. The molecule has 0 amide bonds. The van der Waals surface area contributed by atoms with Crippen LogP contribution in [-0.2, 0) is 13.0 Å². The van der Waals surface area contributed by atoms with E-state index in [1.165, 1.54) is 15.1 Å². The number of rotatable bonds is 0. The fourth-order valence-electron chi connectivity index (χ4n) is 1.76. The molecule has 1 N–H and O–H groups in total. The van der Waals surface area contributed by atoms with Crippen LogP contribution in [-0.4, -0.2) is 11.5 Å². The van der Waals surface area contributed by atoms with Crippen LogP contribution in [0.1, 0.15) is 10.4 Å². The first kappa shape index (κ1) is 7.47. The summed E-state index contributed by atoms with van der Waals surface area (Å²) in [6, 6.07) is 5.12. The zero-order chi connectivity index (χ0) is 8.67. The van der Waals surface area contributed by atoms with Crippen molar-refractivity contribution in [1.82, 2.24) is 10.3 Å². The van der Waals surface area contributed by atoms with E-state index in [2.05, 4.69) is 16.4 Å². The molecule has 3 heteroatoms. The SMILES string of the molecule is [c]1ccnc2c3c(sc12)CCNC3. The molecule has 3 heterocycles. The number of hydrogen-bond donors (Lipinski definition) is 1. The minimum absolute atomic E-state index is 0.972. The molecule has 65 valence electrons. The maximum absolute atomic E-state index is 4.39. The van der Waals surface area contributed by atoms with Gasteiger partial charge in [-0.25, -0.2) is 0 Å². The van der Waals surface area contributed by atoms with E-state index in [1.807, 2.05) is 23.6 Å². The molecule has 0 fully saturated rings. The molecule has 0 atom stereocenters. The number of fused-ring (bicyclic) bond motifs is 3. The second-order valence-corrected chi connectivity index (χ2v) is 4.30. The van der Waals surface area contributed by atoms with Crippen LogP contribution in [0.3, 0.4) is 0 Å². The van der Waals surface area contributed by atoms with Gasteiger partial charge < -0.3 is 5.32 Å². The highest BCUT2D eigenvalue weighted by Crippen LogP contribution is 2.30. The van der Waals surface area contributed by atoms with Gasteiger partial charge in [-0.15, -0.1) is 11.3 Å². The molecule has 0 saturated carbocycles. The van der Waals surface area contributed by atoms with E-state index in [0.717, 1.165) is 25.0 Å². The van der Waals surface area contributed by atoms with E-state index in [-0.39, 0.29) is 0 Å². The highest BCUT2D eigenvalue weighted by atomic mass is 32.1. The molecule has 1 aliphatic heterocycles. The molecule has 3 rings (SSSR count). The van der Waals surface area contributed by atoms with Gasteiger partial charge in [0.05, 0.1) is 10.2 Å². The first-order chi connectivity index (χ1) is 6.45. The third-order valence-corrected chi connectivity index (χ3v) is 3.60. The van der Waals surface area contributed by atoms with Gasteiger partial charge in [0.25, 0.3) is 0 Å². The first-order valence-corrected chi connectivity index (χ1v) is 5.24. The minimum Gasteiger partial charge on any atom is -0.312 e. The summed E-state index contributed by atoms with van der Waals surface area (Å²) >= 11 is 1.84. The van der Waals surface area contributed by atoms with E-state index < -0.39 is 0 Å². The lowest BCUT2D eigenvalue weighted by Crippen LogP contribution is -2.22. The molecular formula is C10H9N2S. The first-order valence-electron chi connectivity index (χ1n) is 4.43. The number of thiophene rings is 1. The second-order valence-electron chi connectivity index (χ2n) is 3.20. The van der Waals surface area contributed by atoms with Gasteiger partial charge in [-0.2, -0.15) is 0 Å². The molecule has 0 unspecified atom stereocenters. The Morgan fingerprint density at radius 3 is 3.54 bits per heavy atom. The summed E-state index contributed by atoms with van der Waals surface area (Å²) in [4.78, 5) is 5.88. The Balaban J connectivity index is 2.34. The summed E-state index contributed by atoms with van der Waals surface area (Å²) in [6.07, 6.45) is 2.97. The third-order valence-electron chi connectivity index (χ3n) is 2.39. The molecule has 13 heavy (non-hydrogen) atoms. The number of pyridine rings is 1. The largest absolute Gasteiger partial charge is 0.312 e. The molecule has 1 aliphatic rings. The molecular weight excluding hydrogens is 180 g/mol. The Labute approximate surface area is 80.6 Å². The molecule has 0 spiro atoms. The van der Waals surface area contributed by atoms with Crippen molar-refractivity contribution in [2.24, 2.45) is 0 Å². The Kier molecular flexibility index (Phi) is 1.60. The van der Waals surface area contributed by atoms with Crippen LogP contribution in [0, 0.1) is 6.07 Å². The van der Waals surface area contributed by atoms with Gasteiger partial charge in [-0.3, -0.25) is 4.98 Å². The third kappa shape index (κ3) is 1.08. The number of nitrogens with one attached hydrogen (secondary N) is 1. The van der Waals surface area contributed by atoms with Gasteiger partial charge in [-0.05, 0) is 12.5 Å². The molecule has 2 nitrogen and oxygen atoms in total. The van der Waals surface area contributed by atoms with Gasteiger partial charge >= 0.3 is 0 Å². The van der Waals surface area contributed by atoms with Gasteiger partial charge in [-0.1, -0.05) is 0 Å². The van der Waals surface area contributed by atoms with Crippen molar-refractivity contribution in [2.75, 3.05) is 6.54 Å². The smallest absolute Gasteiger partial charge is 0.0863 e. The highest BCUT2D eigenvalue weighted by molar-refractivity contribution is 7.19. The van der Waals surface area contributed by atoms with Gasteiger partial charge in [0.15, 0.2) is 0 Å².